The molecule has 6 nitrogen and oxygen atoms in total. The highest BCUT2D eigenvalue weighted by molar-refractivity contribution is 7.21. The molecule has 0 unspecified atom stereocenters. The van der Waals surface area contributed by atoms with Crippen molar-refractivity contribution in [1.29, 1.82) is 0 Å². The molecule has 0 bridgehead atoms. The molecule has 0 radical (unpaired) electrons. The van der Waals surface area contributed by atoms with Crippen molar-refractivity contribution in [3.05, 3.63) is 158 Å². The van der Waals surface area contributed by atoms with Gasteiger partial charge in [0.1, 0.15) is 27.3 Å². The number of para-hydroxylation sites is 2. The van der Waals surface area contributed by atoms with Gasteiger partial charge in [-0.3, -0.25) is 0 Å². The van der Waals surface area contributed by atoms with Gasteiger partial charge in [-0.1, -0.05) is 133 Å². The van der Waals surface area contributed by atoms with E-state index < -0.39 is 0 Å². The summed E-state index contributed by atoms with van der Waals surface area (Å²) in [4.78, 5) is 20.4. The van der Waals surface area contributed by atoms with Crippen LogP contribution < -0.4 is 0 Å². The fourth-order valence-corrected chi connectivity index (χ4v) is 8.35. The first-order chi connectivity index (χ1) is 26.2. The summed E-state index contributed by atoms with van der Waals surface area (Å²) in [5, 5.41) is 5.10. The smallest absolute Gasteiger partial charge is 0.164 e. The standard InChI is InChI=1S/C46H26N4O2S/c1-3-12-28(13-4-1)43-48-44(50-45(49-43)33-18-11-21-36-40(33)31-16-7-9-19-34(31)51-36)29-24-22-27(23-25-29)39-41-32-17-8-10-20-35(32)52-37(41)26-38-42(39)47-46(53-38)30-14-5-2-6-15-30/h1-26H. The number of furan rings is 2. The van der Waals surface area contributed by atoms with E-state index in [-0.39, 0.29) is 0 Å². The molecule has 0 aliphatic rings. The van der Waals surface area contributed by atoms with E-state index in [1.165, 1.54) is 0 Å². The number of benzene rings is 7. The molecule has 248 valence electrons. The summed E-state index contributed by atoms with van der Waals surface area (Å²) in [5.74, 6) is 1.77. The Balaban J connectivity index is 1.10. The lowest BCUT2D eigenvalue weighted by atomic mass is 9.97. The second kappa shape index (κ2) is 11.8. The van der Waals surface area contributed by atoms with E-state index >= 15 is 0 Å². The van der Waals surface area contributed by atoms with Crippen molar-refractivity contribution < 1.29 is 8.83 Å². The van der Waals surface area contributed by atoms with E-state index in [9.17, 15) is 0 Å². The van der Waals surface area contributed by atoms with Crippen molar-refractivity contribution in [2.24, 2.45) is 0 Å². The number of thiazole rings is 1. The average molecular weight is 699 g/mol. The Bertz CT molecular complexity index is 3160. The molecule has 0 atom stereocenters. The quantitative estimate of drug-likeness (QED) is 0.178. The highest BCUT2D eigenvalue weighted by Gasteiger charge is 2.21. The predicted octanol–water partition coefficient (Wildman–Crippen LogP) is 12.6. The number of hydrogen-bond donors (Lipinski definition) is 0. The summed E-state index contributed by atoms with van der Waals surface area (Å²) in [6, 6.07) is 53.3. The molecule has 4 heterocycles. The van der Waals surface area contributed by atoms with Crippen molar-refractivity contribution in [2.75, 3.05) is 0 Å². The molecule has 0 saturated carbocycles. The average Bonchev–Trinajstić information content (AvgIpc) is 3.94. The second-order valence-electron chi connectivity index (χ2n) is 13.0. The van der Waals surface area contributed by atoms with Crippen LogP contribution in [0.4, 0.5) is 0 Å². The minimum Gasteiger partial charge on any atom is -0.456 e. The molecule has 0 fully saturated rings. The maximum Gasteiger partial charge on any atom is 0.164 e. The number of rotatable bonds is 5. The van der Waals surface area contributed by atoms with E-state index in [4.69, 9.17) is 28.8 Å². The van der Waals surface area contributed by atoms with Gasteiger partial charge in [-0.2, -0.15) is 0 Å². The zero-order valence-corrected chi connectivity index (χ0v) is 28.8. The van der Waals surface area contributed by atoms with Crippen LogP contribution in [0.5, 0.6) is 0 Å². The molecule has 0 saturated heterocycles. The third kappa shape index (κ3) is 4.86. The van der Waals surface area contributed by atoms with Crippen LogP contribution in [0.15, 0.2) is 167 Å². The third-order valence-electron chi connectivity index (χ3n) is 9.79. The molecule has 11 aromatic rings. The molecule has 7 aromatic carbocycles. The van der Waals surface area contributed by atoms with E-state index in [0.717, 1.165) is 92.5 Å². The Hall–Kier alpha value is -6.96. The maximum atomic E-state index is 6.44. The van der Waals surface area contributed by atoms with E-state index in [1.807, 2.05) is 91.0 Å². The molecule has 0 spiro atoms. The Kier molecular flexibility index (Phi) is 6.62. The van der Waals surface area contributed by atoms with Gasteiger partial charge in [-0.15, -0.1) is 11.3 Å². The van der Waals surface area contributed by atoms with Crippen molar-refractivity contribution in [3.8, 4) is 55.9 Å². The van der Waals surface area contributed by atoms with Gasteiger partial charge < -0.3 is 8.83 Å². The minimum atomic E-state index is 0.586. The summed E-state index contributed by atoms with van der Waals surface area (Å²) in [5.41, 5.74) is 10.1. The van der Waals surface area contributed by atoms with Gasteiger partial charge >= 0.3 is 0 Å². The molecule has 11 rings (SSSR count). The molecule has 0 amide bonds. The normalized spacial score (nSPS) is 11.8. The minimum absolute atomic E-state index is 0.586. The van der Waals surface area contributed by atoms with Crippen molar-refractivity contribution in [2.45, 2.75) is 0 Å². The lowest BCUT2D eigenvalue weighted by Gasteiger charge is -2.10. The SMILES string of the molecule is c1ccc(-c2nc(-c3ccc(-c4c5nc(-c6ccccc6)sc5cc5oc6ccccc6c45)cc3)nc(-c3cccc4oc5ccccc5c34)n2)cc1. The predicted molar refractivity (Wildman–Crippen MR) is 215 cm³/mol. The van der Waals surface area contributed by atoms with Crippen molar-refractivity contribution in [1.82, 2.24) is 19.9 Å². The van der Waals surface area contributed by atoms with Crippen LogP contribution in [0.2, 0.25) is 0 Å². The van der Waals surface area contributed by atoms with Gasteiger partial charge in [0.05, 0.1) is 10.2 Å². The summed E-state index contributed by atoms with van der Waals surface area (Å²) < 4.78 is 13.7. The van der Waals surface area contributed by atoms with E-state index in [2.05, 4.69) is 66.7 Å². The molecule has 53 heavy (non-hydrogen) atoms. The Labute approximate surface area is 306 Å². The van der Waals surface area contributed by atoms with Gasteiger partial charge in [0.15, 0.2) is 17.5 Å². The first-order valence-corrected chi connectivity index (χ1v) is 18.2. The number of aromatic nitrogens is 4. The van der Waals surface area contributed by atoms with Gasteiger partial charge in [-0.25, -0.2) is 19.9 Å². The largest absolute Gasteiger partial charge is 0.456 e. The molecular formula is C46H26N4O2S. The lowest BCUT2D eigenvalue weighted by molar-refractivity contribution is 0.669. The van der Waals surface area contributed by atoms with Gasteiger partial charge in [0.25, 0.3) is 0 Å². The summed E-state index contributed by atoms with van der Waals surface area (Å²) in [6.45, 7) is 0. The van der Waals surface area contributed by atoms with E-state index in [1.54, 1.807) is 11.3 Å². The highest BCUT2D eigenvalue weighted by atomic mass is 32.1. The first-order valence-electron chi connectivity index (χ1n) is 17.4. The monoisotopic (exact) mass is 698 g/mol. The topological polar surface area (TPSA) is 77.8 Å². The van der Waals surface area contributed by atoms with Crippen LogP contribution in [-0.2, 0) is 0 Å². The van der Waals surface area contributed by atoms with Crippen molar-refractivity contribution >= 4 is 65.4 Å². The van der Waals surface area contributed by atoms with Crippen LogP contribution in [-0.4, -0.2) is 19.9 Å². The summed E-state index contributed by atoms with van der Waals surface area (Å²) >= 11 is 1.68. The fourth-order valence-electron chi connectivity index (χ4n) is 7.34. The molecule has 7 heteroatoms. The molecule has 0 aliphatic carbocycles. The van der Waals surface area contributed by atoms with Crippen LogP contribution >= 0.6 is 11.3 Å². The van der Waals surface area contributed by atoms with Gasteiger partial charge in [-0.05, 0) is 23.8 Å². The first kappa shape index (κ1) is 29.7. The Morgan fingerprint density at radius 3 is 1.66 bits per heavy atom. The number of hydrogen-bond acceptors (Lipinski definition) is 7. The number of nitrogens with zero attached hydrogens (tertiary/aromatic N) is 4. The van der Waals surface area contributed by atoms with Crippen LogP contribution in [0.1, 0.15) is 0 Å². The van der Waals surface area contributed by atoms with Crippen molar-refractivity contribution in [3.63, 3.8) is 0 Å². The molecule has 0 N–H and O–H groups in total. The molecular weight excluding hydrogens is 673 g/mol. The summed E-state index contributed by atoms with van der Waals surface area (Å²) in [6.07, 6.45) is 0. The van der Waals surface area contributed by atoms with E-state index in [0.29, 0.717) is 17.5 Å². The Morgan fingerprint density at radius 1 is 0.396 bits per heavy atom. The van der Waals surface area contributed by atoms with Crippen LogP contribution in [0.3, 0.4) is 0 Å². The van der Waals surface area contributed by atoms with Gasteiger partial charge in [0, 0.05) is 55.4 Å². The third-order valence-corrected chi connectivity index (χ3v) is 10.8. The second-order valence-corrected chi connectivity index (χ2v) is 14.0. The van der Waals surface area contributed by atoms with Gasteiger partial charge in [0.2, 0.25) is 0 Å². The Morgan fingerprint density at radius 2 is 0.943 bits per heavy atom. The van der Waals surface area contributed by atoms with Crippen LogP contribution in [0, 0.1) is 0 Å². The molecule has 0 aliphatic heterocycles. The maximum absolute atomic E-state index is 6.44. The zero-order chi connectivity index (χ0) is 34.9. The molecule has 4 aromatic heterocycles. The zero-order valence-electron chi connectivity index (χ0n) is 28.0. The highest BCUT2D eigenvalue weighted by Crippen LogP contribution is 2.45. The number of fused-ring (bicyclic) bond motifs is 7. The summed E-state index contributed by atoms with van der Waals surface area (Å²) in [7, 11) is 0. The van der Waals surface area contributed by atoms with Crippen LogP contribution in [0.25, 0.3) is 110 Å². The lowest BCUT2D eigenvalue weighted by Crippen LogP contribution is -2.00. The fraction of sp³-hybridized carbons (Fsp3) is 0.